The number of hydrogen-bond donors (Lipinski definition) is 1. The third kappa shape index (κ3) is 5.79. The van der Waals surface area contributed by atoms with Crippen LogP contribution < -0.4 is 20.1 Å². The summed E-state index contributed by atoms with van der Waals surface area (Å²) in [6.07, 6.45) is 4.39. The highest BCUT2D eigenvalue weighted by atomic mass is 35.5. The first kappa shape index (κ1) is 24.6. The standard InChI is InChI=1S/C23H20ClN5O2.CH4O2S/c1-30-17-3-4-18-20(10-17)27-13-28-23(18)29-6-7-31-21-5-2-14(8-16(21)12-29)15-9-19(25)22(24)26-11-15;1-4(2)3/h2-5,8-11,13H,6-7,12,25H2,1H3;1H3,(H,2,3)/p-1. The minimum absolute atomic E-state index is 0.306. The molecule has 4 aromatic rings. The van der Waals surface area contributed by atoms with Crippen molar-refractivity contribution in [2.75, 3.05) is 37.2 Å². The van der Waals surface area contributed by atoms with Crippen LogP contribution in [0.5, 0.6) is 11.5 Å². The predicted molar refractivity (Wildman–Crippen MR) is 137 cm³/mol. The van der Waals surface area contributed by atoms with Crippen LogP contribution >= 0.6 is 11.6 Å². The molecule has 1 atom stereocenters. The van der Waals surface area contributed by atoms with Crippen LogP contribution in [0.2, 0.25) is 5.15 Å². The van der Waals surface area contributed by atoms with Crippen molar-refractivity contribution >= 4 is 45.1 Å². The first-order valence-electron chi connectivity index (χ1n) is 10.6. The Labute approximate surface area is 210 Å². The van der Waals surface area contributed by atoms with E-state index in [4.69, 9.17) is 35.6 Å². The summed E-state index contributed by atoms with van der Waals surface area (Å²) in [4.78, 5) is 15.4. The van der Waals surface area contributed by atoms with Crippen LogP contribution in [0.25, 0.3) is 22.0 Å². The van der Waals surface area contributed by atoms with Crippen LogP contribution in [0.1, 0.15) is 5.56 Å². The van der Waals surface area contributed by atoms with Crippen LogP contribution in [-0.2, 0) is 17.6 Å². The van der Waals surface area contributed by atoms with E-state index in [1.54, 1.807) is 19.6 Å². The maximum absolute atomic E-state index is 9.00. The van der Waals surface area contributed by atoms with E-state index < -0.39 is 11.1 Å². The summed E-state index contributed by atoms with van der Waals surface area (Å²) in [5.41, 5.74) is 10.2. The van der Waals surface area contributed by atoms with E-state index in [1.807, 2.05) is 36.4 Å². The van der Waals surface area contributed by atoms with Crippen LogP contribution in [0.3, 0.4) is 0 Å². The number of methoxy groups -OCH3 is 1. The Hall–Kier alpha value is -3.47. The number of fused-ring (bicyclic) bond motifs is 2. The second-order valence-corrected chi connectivity index (χ2v) is 8.84. The van der Waals surface area contributed by atoms with Crippen molar-refractivity contribution in [3.8, 4) is 22.6 Å². The molecule has 35 heavy (non-hydrogen) atoms. The fourth-order valence-electron chi connectivity index (χ4n) is 3.78. The third-order valence-electron chi connectivity index (χ3n) is 5.36. The molecule has 0 saturated carbocycles. The number of rotatable bonds is 3. The molecule has 0 bridgehead atoms. The van der Waals surface area contributed by atoms with Gasteiger partial charge in [-0.25, -0.2) is 15.0 Å². The maximum Gasteiger partial charge on any atom is 0.151 e. The molecule has 2 aromatic carbocycles. The molecule has 1 unspecified atom stereocenters. The molecule has 9 nitrogen and oxygen atoms in total. The van der Waals surface area contributed by atoms with Gasteiger partial charge in [0.15, 0.2) is 5.15 Å². The number of nitrogens with zero attached hydrogens (tertiary/aromatic N) is 4. The second-order valence-electron chi connectivity index (χ2n) is 7.68. The molecule has 0 aliphatic carbocycles. The van der Waals surface area contributed by atoms with Crippen molar-refractivity contribution in [2.45, 2.75) is 6.54 Å². The van der Waals surface area contributed by atoms with E-state index in [2.05, 4.69) is 25.9 Å². The van der Waals surface area contributed by atoms with Crippen molar-refractivity contribution < 1.29 is 18.2 Å². The molecular weight excluding hydrogens is 490 g/mol. The molecule has 5 rings (SSSR count). The minimum atomic E-state index is -1.86. The number of halogens is 1. The first-order chi connectivity index (χ1) is 16.9. The smallest absolute Gasteiger partial charge is 0.151 e. The van der Waals surface area contributed by atoms with E-state index in [-0.39, 0.29) is 0 Å². The summed E-state index contributed by atoms with van der Waals surface area (Å²) in [5, 5.41) is 1.28. The molecule has 0 amide bonds. The van der Waals surface area contributed by atoms with Crippen LogP contribution in [0, 0.1) is 0 Å². The lowest BCUT2D eigenvalue weighted by molar-refractivity contribution is 0.331. The van der Waals surface area contributed by atoms with Gasteiger partial charge in [0.25, 0.3) is 0 Å². The highest BCUT2D eigenvalue weighted by Crippen LogP contribution is 2.33. The zero-order valence-electron chi connectivity index (χ0n) is 19.1. The molecule has 1 aliphatic rings. The number of aromatic nitrogens is 3. The number of anilines is 2. The summed E-state index contributed by atoms with van der Waals surface area (Å²) in [6, 6.07) is 13.8. The second kappa shape index (κ2) is 10.9. The van der Waals surface area contributed by atoms with Gasteiger partial charge in [-0.15, -0.1) is 0 Å². The molecule has 11 heteroatoms. The summed E-state index contributed by atoms with van der Waals surface area (Å²) in [7, 11) is 1.65. The lowest BCUT2D eigenvalue weighted by Crippen LogP contribution is -2.26. The average Bonchev–Trinajstić information content (AvgIpc) is 3.06. The first-order valence-corrected chi connectivity index (χ1v) is 12.4. The number of pyridine rings is 1. The summed E-state index contributed by atoms with van der Waals surface area (Å²) in [5.74, 6) is 2.50. The lowest BCUT2D eigenvalue weighted by atomic mass is 10.0. The maximum atomic E-state index is 9.00. The summed E-state index contributed by atoms with van der Waals surface area (Å²) < 4.78 is 29.3. The molecule has 0 radical (unpaired) electrons. The Morgan fingerprint density at radius 3 is 2.69 bits per heavy atom. The Morgan fingerprint density at radius 1 is 1.14 bits per heavy atom. The Morgan fingerprint density at radius 2 is 1.94 bits per heavy atom. The number of hydrogen-bond acceptors (Lipinski definition) is 9. The highest BCUT2D eigenvalue weighted by Gasteiger charge is 2.20. The zero-order chi connectivity index (χ0) is 24.9. The van der Waals surface area contributed by atoms with Gasteiger partial charge in [-0.1, -0.05) is 28.7 Å². The summed E-state index contributed by atoms with van der Waals surface area (Å²) in [6.45, 7) is 1.92. The van der Waals surface area contributed by atoms with E-state index in [9.17, 15) is 0 Å². The number of ether oxygens (including phenoxy) is 2. The van der Waals surface area contributed by atoms with Gasteiger partial charge in [0.2, 0.25) is 0 Å². The fourth-order valence-corrected chi connectivity index (χ4v) is 3.88. The topological polar surface area (TPSA) is 127 Å². The average molecular weight is 513 g/mol. The van der Waals surface area contributed by atoms with E-state index in [0.29, 0.717) is 30.5 Å². The van der Waals surface area contributed by atoms with Gasteiger partial charge in [0, 0.05) is 35.3 Å². The van der Waals surface area contributed by atoms with Crippen molar-refractivity contribution in [3.63, 3.8) is 0 Å². The van der Waals surface area contributed by atoms with Crippen LogP contribution in [-0.4, -0.2) is 50.2 Å². The van der Waals surface area contributed by atoms with Gasteiger partial charge in [-0.2, -0.15) is 0 Å². The van der Waals surface area contributed by atoms with Crippen molar-refractivity contribution in [3.05, 3.63) is 65.7 Å². The molecule has 0 fully saturated rings. The molecular formula is C24H23ClN5O4S-. The van der Waals surface area contributed by atoms with Gasteiger partial charge in [-0.3, -0.25) is 4.21 Å². The number of benzene rings is 2. The monoisotopic (exact) mass is 512 g/mol. The largest absolute Gasteiger partial charge is 0.773 e. The third-order valence-corrected chi connectivity index (χ3v) is 5.68. The normalized spacial score (nSPS) is 13.7. The van der Waals surface area contributed by atoms with Crippen molar-refractivity contribution in [2.24, 2.45) is 0 Å². The molecule has 1 aliphatic heterocycles. The van der Waals surface area contributed by atoms with E-state index in [0.717, 1.165) is 51.2 Å². The van der Waals surface area contributed by atoms with Gasteiger partial charge in [0.05, 0.1) is 24.9 Å². The Kier molecular flexibility index (Phi) is 7.64. The molecule has 3 heterocycles. The van der Waals surface area contributed by atoms with Gasteiger partial charge >= 0.3 is 0 Å². The lowest BCUT2D eigenvalue weighted by Gasteiger charge is -2.22. The molecule has 2 N–H and O–H groups in total. The van der Waals surface area contributed by atoms with Gasteiger partial charge in [0.1, 0.15) is 30.3 Å². The van der Waals surface area contributed by atoms with Gasteiger partial charge < -0.3 is 24.7 Å². The Balaban J connectivity index is 0.000000672. The molecule has 0 saturated heterocycles. The van der Waals surface area contributed by atoms with Crippen LogP contribution in [0.15, 0.2) is 55.0 Å². The van der Waals surface area contributed by atoms with Crippen molar-refractivity contribution in [1.82, 2.24) is 15.0 Å². The number of nitrogens with two attached hydrogens (primary N) is 1. The molecule has 182 valence electrons. The SMILES string of the molecule is COc1ccc2c(N3CCOc4ccc(-c5cnc(Cl)c(N)c5)cc4C3)ncnc2c1.CS(=O)[O-]. The number of nitrogen functional groups attached to an aromatic ring is 1. The van der Waals surface area contributed by atoms with E-state index in [1.165, 1.54) is 0 Å². The zero-order valence-corrected chi connectivity index (χ0v) is 20.7. The van der Waals surface area contributed by atoms with Crippen molar-refractivity contribution in [1.29, 1.82) is 0 Å². The summed E-state index contributed by atoms with van der Waals surface area (Å²) >= 11 is 4.11. The minimum Gasteiger partial charge on any atom is -0.773 e. The Bertz CT molecular complexity index is 1380. The highest BCUT2D eigenvalue weighted by molar-refractivity contribution is 7.78. The fraction of sp³-hybridized carbons (Fsp3) is 0.208. The van der Waals surface area contributed by atoms with E-state index >= 15 is 0 Å². The van der Waals surface area contributed by atoms with Gasteiger partial charge in [-0.05, 0) is 42.2 Å². The molecule has 0 spiro atoms. The van der Waals surface area contributed by atoms with Crippen LogP contribution in [0.4, 0.5) is 11.5 Å². The quantitative estimate of drug-likeness (QED) is 0.322. The predicted octanol–water partition coefficient (Wildman–Crippen LogP) is 3.83. The molecule has 2 aromatic heterocycles.